The predicted molar refractivity (Wildman–Crippen MR) is 87.6 cm³/mol. The van der Waals surface area contributed by atoms with E-state index in [-0.39, 0.29) is 18.5 Å². The van der Waals surface area contributed by atoms with E-state index in [1.54, 1.807) is 27.7 Å². The van der Waals surface area contributed by atoms with E-state index in [4.69, 9.17) is 9.47 Å². The fourth-order valence-corrected chi connectivity index (χ4v) is 1.90. The summed E-state index contributed by atoms with van der Waals surface area (Å²) in [5.74, 6) is -0.240. The summed E-state index contributed by atoms with van der Waals surface area (Å²) in [5, 5.41) is 2.65. The minimum absolute atomic E-state index is 0.175. The summed E-state index contributed by atoms with van der Waals surface area (Å²) in [5.41, 5.74) is -0.252. The van der Waals surface area contributed by atoms with E-state index in [1.807, 2.05) is 0 Å². The third-order valence-electron chi connectivity index (χ3n) is 2.48. The molecule has 0 bridgehead atoms. The molecule has 8 heteroatoms. The Balaban J connectivity index is 2.58. The van der Waals surface area contributed by atoms with Gasteiger partial charge in [0.2, 0.25) is 5.88 Å². The van der Waals surface area contributed by atoms with Crippen LogP contribution in [0, 0.1) is 0 Å². The van der Waals surface area contributed by atoms with Gasteiger partial charge in [0, 0.05) is 12.3 Å². The Labute approximate surface area is 143 Å². The Morgan fingerprint density at radius 1 is 1.39 bits per heavy atom. The normalized spacial score (nSPS) is 12.3. The van der Waals surface area contributed by atoms with Crippen LogP contribution in [0.4, 0.5) is 4.79 Å². The van der Waals surface area contributed by atoms with Crippen LogP contribution < -0.4 is 10.1 Å². The first-order valence-electron chi connectivity index (χ1n) is 6.98. The molecule has 1 unspecified atom stereocenters. The number of nitrogens with zero attached hydrogens (tertiary/aromatic N) is 1. The van der Waals surface area contributed by atoms with Gasteiger partial charge in [0.1, 0.15) is 12.2 Å². The molecule has 1 heterocycles. The number of amides is 1. The average molecular weight is 389 g/mol. The van der Waals surface area contributed by atoms with Gasteiger partial charge in [-0.25, -0.2) is 14.6 Å². The lowest BCUT2D eigenvalue weighted by atomic mass is 10.2. The topological polar surface area (TPSA) is 86.8 Å². The minimum Gasteiger partial charge on any atom is -0.475 e. The maximum atomic E-state index is 11.6. The highest BCUT2D eigenvalue weighted by Gasteiger charge is 2.18. The van der Waals surface area contributed by atoms with E-state index in [2.05, 4.69) is 31.0 Å². The SMILES string of the molecule is COC(=O)c1cc(OCC(C)NC(=O)OC(C)(C)C)ncc1Br. The molecule has 0 spiro atoms. The molecular weight excluding hydrogens is 368 g/mol. The summed E-state index contributed by atoms with van der Waals surface area (Å²) in [6, 6.07) is 1.17. The summed E-state index contributed by atoms with van der Waals surface area (Å²) in [6.07, 6.45) is 0.931. The second-order valence-corrected chi connectivity index (χ2v) is 6.71. The molecular formula is C15H21BrN2O5. The van der Waals surface area contributed by atoms with Gasteiger partial charge in [-0.1, -0.05) is 0 Å². The third kappa shape index (κ3) is 6.85. The average Bonchev–Trinajstić information content (AvgIpc) is 2.43. The Bertz CT molecular complexity index is 571. The second-order valence-electron chi connectivity index (χ2n) is 5.85. The number of methoxy groups -OCH3 is 1. The van der Waals surface area contributed by atoms with Crippen LogP contribution >= 0.6 is 15.9 Å². The molecule has 23 heavy (non-hydrogen) atoms. The molecule has 0 saturated carbocycles. The van der Waals surface area contributed by atoms with Gasteiger partial charge in [-0.2, -0.15) is 0 Å². The van der Waals surface area contributed by atoms with Crippen LogP contribution in [0.25, 0.3) is 0 Å². The van der Waals surface area contributed by atoms with Crippen molar-refractivity contribution in [1.29, 1.82) is 0 Å². The zero-order valence-electron chi connectivity index (χ0n) is 13.8. The smallest absolute Gasteiger partial charge is 0.407 e. The molecule has 7 nitrogen and oxygen atoms in total. The minimum atomic E-state index is -0.562. The van der Waals surface area contributed by atoms with Crippen LogP contribution in [-0.2, 0) is 9.47 Å². The first kappa shape index (κ1) is 19.2. The van der Waals surface area contributed by atoms with Crippen molar-refractivity contribution in [2.45, 2.75) is 39.3 Å². The summed E-state index contributed by atoms with van der Waals surface area (Å²) in [4.78, 5) is 27.3. The number of alkyl carbamates (subject to hydrolysis) is 1. The molecule has 0 aliphatic heterocycles. The Kier molecular flexibility index (Phi) is 6.80. The lowest BCUT2D eigenvalue weighted by Crippen LogP contribution is -2.40. The standard InChI is InChI=1S/C15H21BrN2O5/c1-9(18-14(20)23-15(2,3)4)8-22-12-6-10(13(19)21-5)11(16)7-17-12/h6-7,9H,8H2,1-5H3,(H,18,20). The highest BCUT2D eigenvalue weighted by Crippen LogP contribution is 2.20. The number of pyridine rings is 1. The highest BCUT2D eigenvalue weighted by molar-refractivity contribution is 9.10. The number of nitrogens with one attached hydrogen (secondary N) is 1. The number of esters is 1. The van der Waals surface area contributed by atoms with Crippen molar-refractivity contribution in [1.82, 2.24) is 10.3 Å². The summed E-state index contributed by atoms with van der Waals surface area (Å²) in [6.45, 7) is 7.30. The van der Waals surface area contributed by atoms with Gasteiger partial charge in [-0.05, 0) is 43.6 Å². The molecule has 1 aromatic heterocycles. The number of hydrogen-bond donors (Lipinski definition) is 1. The van der Waals surface area contributed by atoms with Crippen LogP contribution in [0.5, 0.6) is 5.88 Å². The summed E-state index contributed by atoms with van der Waals surface area (Å²) < 4.78 is 15.8. The molecule has 128 valence electrons. The van der Waals surface area contributed by atoms with Crippen molar-refractivity contribution in [3.8, 4) is 5.88 Å². The van der Waals surface area contributed by atoms with Gasteiger partial charge in [-0.15, -0.1) is 0 Å². The maximum Gasteiger partial charge on any atom is 0.407 e. The number of carbonyl (C=O) groups excluding carboxylic acids is 2. The maximum absolute atomic E-state index is 11.6. The van der Waals surface area contributed by atoms with E-state index < -0.39 is 17.7 Å². The monoisotopic (exact) mass is 388 g/mol. The quantitative estimate of drug-likeness (QED) is 0.780. The van der Waals surface area contributed by atoms with Gasteiger partial charge in [-0.3, -0.25) is 0 Å². The molecule has 0 radical (unpaired) electrons. The van der Waals surface area contributed by atoms with Crippen molar-refractivity contribution >= 4 is 28.0 Å². The van der Waals surface area contributed by atoms with Crippen LogP contribution in [0.2, 0.25) is 0 Å². The van der Waals surface area contributed by atoms with E-state index in [9.17, 15) is 9.59 Å². The molecule has 0 aromatic carbocycles. The van der Waals surface area contributed by atoms with E-state index in [0.717, 1.165) is 0 Å². The predicted octanol–water partition coefficient (Wildman–Crippen LogP) is 2.92. The van der Waals surface area contributed by atoms with Gasteiger partial charge in [0.05, 0.1) is 23.2 Å². The zero-order chi connectivity index (χ0) is 17.6. The third-order valence-corrected chi connectivity index (χ3v) is 3.11. The number of carbonyl (C=O) groups is 2. The number of halogens is 1. The second kappa shape index (κ2) is 8.14. The van der Waals surface area contributed by atoms with E-state index in [1.165, 1.54) is 19.4 Å². The van der Waals surface area contributed by atoms with Crippen molar-refractivity contribution in [3.05, 3.63) is 22.3 Å². The fraction of sp³-hybridized carbons (Fsp3) is 0.533. The molecule has 1 amide bonds. The number of rotatable bonds is 5. The summed E-state index contributed by atoms with van der Waals surface area (Å²) in [7, 11) is 1.29. The molecule has 1 atom stereocenters. The molecule has 1 N–H and O–H groups in total. The zero-order valence-corrected chi connectivity index (χ0v) is 15.4. The number of hydrogen-bond acceptors (Lipinski definition) is 6. The van der Waals surface area contributed by atoms with Crippen molar-refractivity contribution in [2.24, 2.45) is 0 Å². The Morgan fingerprint density at radius 3 is 2.61 bits per heavy atom. The lowest BCUT2D eigenvalue weighted by molar-refractivity contribution is 0.0493. The van der Waals surface area contributed by atoms with Gasteiger partial charge >= 0.3 is 12.1 Å². The first-order valence-corrected chi connectivity index (χ1v) is 7.78. The van der Waals surface area contributed by atoms with E-state index >= 15 is 0 Å². The number of aromatic nitrogens is 1. The molecule has 0 aliphatic rings. The van der Waals surface area contributed by atoms with Crippen LogP contribution in [0.15, 0.2) is 16.7 Å². The van der Waals surface area contributed by atoms with Gasteiger partial charge in [0.15, 0.2) is 0 Å². The largest absolute Gasteiger partial charge is 0.475 e. The van der Waals surface area contributed by atoms with Crippen LogP contribution in [-0.4, -0.2) is 42.4 Å². The van der Waals surface area contributed by atoms with Gasteiger partial charge < -0.3 is 19.5 Å². The highest BCUT2D eigenvalue weighted by atomic mass is 79.9. The molecule has 0 saturated heterocycles. The first-order chi connectivity index (χ1) is 10.6. The Morgan fingerprint density at radius 2 is 2.04 bits per heavy atom. The van der Waals surface area contributed by atoms with Crippen LogP contribution in [0.1, 0.15) is 38.1 Å². The lowest BCUT2D eigenvalue weighted by Gasteiger charge is -2.22. The summed E-state index contributed by atoms with van der Waals surface area (Å²) >= 11 is 3.22. The van der Waals surface area contributed by atoms with Crippen LogP contribution in [0.3, 0.4) is 0 Å². The molecule has 1 aromatic rings. The molecule has 0 fully saturated rings. The van der Waals surface area contributed by atoms with Crippen molar-refractivity contribution in [3.63, 3.8) is 0 Å². The Hall–Kier alpha value is -1.83. The van der Waals surface area contributed by atoms with E-state index in [0.29, 0.717) is 10.0 Å². The molecule has 1 rings (SSSR count). The molecule has 0 aliphatic carbocycles. The van der Waals surface area contributed by atoms with Crippen molar-refractivity contribution < 1.29 is 23.8 Å². The number of ether oxygens (including phenoxy) is 3. The fourth-order valence-electron chi connectivity index (χ4n) is 1.53. The van der Waals surface area contributed by atoms with Gasteiger partial charge in [0.25, 0.3) is 0 Å². The van der Waals surface area contributed by atoms with Crippen molar-refractivity contribution in [2.75, 3.05) is 13.7 Å².